The number of nitrogens with two attached hydrogens (primary N) is 1. The minimum absolute atomic E-state index is 0.235. The monoisotopic (exact) mass is 295 g/mol. The minimum atomic E-state index is 0.235. The number of hydrogen-bond acceptors (Lipinski definition) is 4. The summed E-state index contributed by atoms with van der Waals surface area (Å²) in [6, 6.07) is 5.63. The Hall–Kier alpha value is -0.420. The molecule has 114 valence electrons. The van der Waals surface area contributed by atoms with Crippen molar-refractivity contribution in [3.8, 4) is 0 Å². The third-order valence-electron chi connectivity index (χ3n) is 4.28. The largest absolute Gasteiger partial charge is 0.329 e. The smallest absolute Gasteiger partial charge is 0.0564 e. The first kappa shape index (κ1) is 16.0. The molecule has 1 fully saturated rings. The summed E-state index contributed by atoms with van der Waals surface area (Å²) >= 11 is 1.93. The Labute approximate surface area is 127 Å². The van der Waals surface area contributed by atoms with E-state index >= 15 is 0 Å². The zero-order valence-corrected chi connectivity index (χ0v) is 14.3. The van der Waals surface area contributed by atoms with Crippen LogP contribution in [0.5, 0.6) is 0 Å². The average molecular weight is 295 g/mol. The molecule has 2 heterocycles. The lowest BCUT2D eigenvalue weighted by Gasteiger charge is -2.27. The summed E-state index contributed by atoms with van der Waals surface area (Å²) in [5.74, 6) is 0. The van der Waals surface area contributed by atoms with E-state index in [2.05, 4.69) is 56.8 Å². The maximum absolute atomic E-state index is 6.08. The Bertz CT molecular complexity index is 433. The van der Waals surface area contributed by atoms with E-state index in [4.69, 9.17) is 5.73 Å². The van der Waals surface area contributed by atoms with E-state index in [-0.39, 0.29) is 5.41 Å². The fourth-order valence-electron chi connectivity index (χ4n) is 2.85. The predicted molar refractivity (Wildman–Crippen MR) is 88.5 cm³/mol. The summed E-state index contributed by atoms with van der Waals surface area (Å²) in [6.45, 7) is 9.84. The van der Waals surface area contributed by atoms with Crippen LogP contribution < -0.4 is 5.73 Å². The molecular formula is C16H29N3S. The maximum atomic E-state index is 6.08. The molecule has 0 amide bonds. The lowest BCUT2D eigenvalue weighted by molar-refractivity contribution is 0.223. The summed E-state index contributed by atoms with van der Waals surface area (Å²) in [7, 11) is 4.35. The number of rotatable bonds is 4. The van der Waals surface area contributed by atoms with Gasteiger partial charge < -0.3 is 10.6 Å². The van der Waals surface area contributed by atoms with Crippen molar-refractivity contribution >= 4 is 11.3 Å². The second-order valence-corrected chi connectivity index (χ2v) is 8.22. The van der Waals surface area contributed by atoms with Crippen molar-refractivity contribution in [2.24, 2.45) is 5.73 Å². The van der Waals surface area contributed by atoms with Crippen molar-refractivity contribution in [3.63, 3.8) is 0 Å². The molecule has 1 saturated heterocycles. The van der Waals surface area contributed by atoms with Crippen LogP contribution in [-0.2, 0) is 5.41 Å². The molecule has 0 bridgehead atoms. The predicted octanol–water partition coefficient (Wildman–Crippen LogP) is 2.68. The van der Waals surface area contributed by atoms with Crippen molar-refractivity contribution in [2.75, 3.05) is 33.7 Å². The van der Waals surface area contributed by atoms with Crippen LogP contribution in [0.3, 0.4) is 0 Å². The summed E-state index contributed by atoms with van der Waals surface area (Å²) in [5.41, 5.74) is 6.31. The van der Waals surface area contributed by atoms with Gasteiger partial charge in [0.05, 0.1) is 6.04 Å². The number of likely N-dealkylation sites (N-methyl/N-ethyl adjacent to an activating group) is 1. The number of nitrogens with zero attached hydrogens (tertiary/aromatic N) is 2. The summed E-state index contributed by atoms with van der Waals surface area (Å²) in [5, 5.41) is 0. The molecule has 0 spiro atoms. The Kier molecular flexibility index (Phi) is 4.90. The van der Waals surface area contributed by atoms with Gasteiger partial charge in [-0.3, -0.25) is 4.90 Å². The number of thiophene rings is 1. The molecule has 1 aromatic rings. The molecule has 0 aromatic carbocycles. The van der Waals surface area contributed by atoms with Gasteiger partial charge in [0.2, 0.25) is 0 Å². The van der Waals surface area contributed by atoms with E-state index in [1.54, 1.807) is 0 Å². The van der Waals surface area contributed by atoms with Crippen molar-refractivity contribution in [2.45, 2.75) is 44.7 Å². The minimum Gasteiger partial charge on any atom is -0.329 e. The highest BCUT2D eigenvalue weighted by molar-refractivity contribution is 7.12. The van der Waals surface area contributed by atoms with Crippen molar-refractivity contribution < 1.29 is 0 Å². The Morgan fingerprint density at radius 1 is 1.40 bits per heavy atom. The van der Waals surface area contributed by atoms with Gasteiger partial charge in [-0.05, 0) is 38.1 Å². The molecule has 1 aromatic heterocycles. The van der Waals surface area contributed by atoms with Gasteiger partial charge in [0, 0.05) is 35.4 Å². The number of likely N-dealkylation sites (tertiary alicyclic amines) is 1. The molecule has 0 radical (unpaired) electrons. The molecule has 0 aliphatic carbocycles. The van der Waals surface area contributed by atoms with Crippen LogP contribution in [0, 0.1) is 0 Å². The van der Waals surface area contributed by atoms with Crippen molar-refractivity contribution in [1.82, 2.24) is 9.80 Å². The second-order valence-electron chi connectivity index (χ2n) is 7.10. The Morgan fingerprint density at radius 3 is 2.55 bits per heavy atom. The topological polar surface area (TPSA) is 32.5 Å². The van der Waals surface area contributed by atoms with Gasteiger partial charge in [0.1, 0.15) is 0 Å². The molecule has 2 unspecified atom stereocenters. The molecule has 20 heavy (non-hydrogen) atoms. The normalized spacial score (nSPS) is 22.6. The van der Waals surface area contributed by atoms with Gasteiger partial charge in [-0.15, -0.1) is 11.3 Å². The Balaban J connectivity index is 2.11. The van der Waals surface area contributed by atoms with Crippen LogP contribution >= 0.6 is 11.3 Å². The van der Waals surface area contributed by atoms with E-state index in [0.29, 0.717) is 18.6 Å². The van der Waals surface area contributed by atoms with Crippen molar-refractivity contribution in [1.29, 1.82) is 0 Å². The third kappa shape index (κ3) is 3.42. The van der Waals surface area contributed by atoms with Gasteiger partial charge in [-0.1, -0.05) is 20.8 Å². The molecule has 4 heteroatoms. The zero-order valence-electron chi connectivity index (χ0n) is 13.5. The van der Waals surface area contributed by atoms with Crippen molar-refractivity contribution in [3.05, 3.63) is 21.9 Å². The average Bonchev–Trinajstić information content (AvgIpc) is 2.97. The maximum Gasteiger partial charge on any atom is 0.0564 e. The molecular weight excluding hydrogens is 266 g/mol. The van der Waals surface area contributed by atoms with Gasteiger partial charge >= 0.3 is 0 Å². The molecule has 1 aliphatic heterocycles. The van der Waals surface area contributed by atoms with Crippen LogP contribution in [0.25, 0.3) is 0 Å². The van der Waals surface area contributed by atoms with E-state index in [9.17, 15) is 0 Å². The first-order valence-corrected chi connectivity index (χ1v) is 8.35. The third-order valence-corrected chi connectivity index (χ3v) is 5.90. The van der Waals surface area contributed by atoms with E-state index < -0.39 is 0 Å². The van der Waals surface area contributed by atoms with Crippen LogP contribution in [0.2, 0.25) is 0 Å². The highest BCUT2D eigenvalue weighted by atomic mass is 32.1. The second kappa shape index (κ2) is 6.14. The summed E-state index contributed by atoms with van der Waals surface area (Å²) in [4.78, 5) is 7.78. The standard InChI is InChI=1S/C16H29N3S/c1-16(2,3)15-7-6-14(20-15)13(10-17)19-9-8-12(11-19)18(4)5/h6-7,12-13H,8-11,17H2,1-5H3. The molecule has 2 N–H and O–H groups in total. The zero-order chi connectivity index (χ0) is 14.9. The molecule has 1 aliphatic rings. The summed E-state index contributed by atoms with van der Waals surface area (Å²) in [6.07, 6.45) is 1.25. The summed E-state index contributed by atoms with van der Waals surface area (Å²) < 4.78 is 0. The highest BCUT2D eigenvalue weighted by Crippen LogP contribution is 2.35. The van der Waals surface area contributed by atoms with E-state index in [1.165, 1.54) is 16.2 Å². The first-order valence-electron chi connectivity index (χ1n) is 7.53. The highest BCUT2D eigenvalue weighted by Gasteiger charge is 2.30. The fourth-order valence-corrected chi connectivity index (χ4v) is 4.07. The van der Waals surface area contributed by atoms with E-state index in [0.717, 1.165) is 13.1 Å². The van der Waals surface area contributed by atoms with Gasteiger partial charge in [-0.25, -0.2) is 0 Å². The van der Waals surface area contributed by atoms with Crippen LogP contribution in [0.1, 0.15) is 43.0 Å². The SMILES string of the molecule is CN(C)C1CCN(C(CN)c2ccc(C(C)(C)C)s2)C1. The van der Waals surface area contributed by atoms with Crippen LogP contribution in [-0.4, -0.2) is 49.6 Å². The molecule has 2 rings (SSSR count). The van der Waals surface area contributed by atoms with Crippen LogP contribution in [0.4, 0.5) is 0 Å². The van der Waals surface area contributed by atoms with Gasteiger partial charge in [0.15, 0.2) is 0 Å². The number of hydrogen-bond donors (Lipinski definition) is 1. The molecule has 2 atom stereocenters. The fraction of sp³-hybridized carbons (Fsp3) is 0.750. The lowest BCUT2D eigenvalue weighted by Crippen LogP contribution is -2.35. The quantitative estimate of drug-likeness (QED) is 0.927. The van der Waals surface area contributed by atoms with Gasteiger partial charge in [-0.2, -0.15) is 0 Å². The van der Waals surface area contributed by atoms with Crippen LogP contribution in [0.15, 0.2) is 12.1 Å². The van der Waals surface area contributed by atoms with E-state index in [1.807, 2.05) is 11.3 Å². The lowest BCUT2D eigenvalue weighted by atomic mass is 9.95. The molecule has 3 nitrogen and oxygen atoms in total. The van der Waals surface area contributed by atoms with Gasteiger partial charge in [0.25, 0.3) is 0 Å². The molecule has 0 saturated carbocycles. The first-order chi connectivity index (χ1) is 9.32. The Morgan fingerprint density at radius 2 is 2.10 bits per heavy atom.